The fourth-order valence-corrected chi connectivity index (χ4v) is 1.63. The van der Waals surface area contributed by atoms with Gasteiger partial charge in [-0.3, -0.25) is 0 Å². The van der Waals surface area contributed by atoms with Crippen LogP contribution >= 0.6 is 15.9 Å². The van der Waals surface area contributed by atoms with Gasteiger partial charge in [0.15, 0.2) is 0 Å². The van der Waals surface area contributed by atoms with E-state index in [1.54, 1.807) is 7.11 Å². The van der Waals surface area contributed by atoms with E-state index in [1.165, 1.54) is 5.56 Å². The number of benzene rings is 1. The lowest BCUT2D eigenvalue weighted by atomic mass is 9.86. The van der Waals surface area contributed by atoms with Gasteiger partial charge in [0.1, 0.15) is 6.79 Å². The molecular formula is C12H17BrO2. The fourth-order valence-electron chi connectivity index (χ4n) is 1.36. The van der Waals surface area contributed by atoms with E-state index in [0.717, 1.165) is 4.47 Å². The van der Waals surface area contributed by atoms with Crippen molar-refractivity contribution >= 4 is 15.9 Å². The molecule has 0 atom stereocenters. The molecule has 84 valence electrons. The summed E-state index contributed by atoms with van der Waals surface area (Å²) in [5.74, 6) is 0. The zero-order chi connectivity index (χ0) is 11.3. The molecule has 0 spiro atoms. The molecule has 0 unspecified atom stereocenters. The van der Waals surface area contributed by atoms with Gasteiger partial charge in [-0.1, -0.05) is 41.9 Å². The van der Waals surface area contributed by atoms with Crippen LogP contribution in [0.4, 0.5) is 0 Å². The van der Waals surface area contributed by atoms with Gasteiger partial charge in [-0.2, -0.15) is 0 Å². The highest BCUT2D eigenvalue weighted by molar-refractivity contribution is 9.10. The third-order valence-electron chi connectivity index (χ3n) is 2.29. The summed E-state index contributed by atoms with van der Waals surface area (Å²) in [6, 6.07) is 8.32. The molecule has 0 aromatic heterocycles. The molecule has 0 N–H and O–H groups in total. The smallest absolute Gasteiger partial charge is 0.146 e. The highest BCUT2D eigenvalue weighted by Crippen LogP contribution is 2.24. The van der Waals surface area contributed by atoms with Crippen molar-refractivity contribution in [2.75, 3.05) is 20.5 Å². The van der Waals surface area contributed by atoms with Crippen LogP contribution in [0, 0.1) is 0 Å². The zero-order valence-electron chi connectivity index (χ0n) is 9.42. The molecule has 0 amide bonds. The van der Waals surface area contributed by atoms with Gasteiger partial charge < -0.3 is 9.47 Å². The van der Waals surface area contributed by atoms with Crippen LogP contribution in [0.3, 0.4) is 0 Å². The van der Waals surface area contributed by atoms with E-state index in [0.29, 0.717) is 13.4 Å². The second-order valence-corrected chi connectivity index (χ2v) is 5.06. The molecule has 15 heavy (non-hydrogen) atoms. The van der Waals surface area contributed by atoms with Crippen molar-refractivity contribution in [2.45, 2.75) is 19.3 Å². The van der Waals surface area contributed by atoms with E-state index in [9.17, 15) is 0 Å². The van der Waals surface area contributed by atoms with Crippen LogP contribution in [0.1, 0.15) is 19.4 Å². The number of hydrogen-bond acceptors (Lipinski definition) is 2. The maximum Gasteiger partial charge on any atom is 0.146 e. The number of hydrogen-bond donors (Lipinski definition) is 0. The topological polar surface area (TPSA) is 18.5 Å². The van der Waals surface area contributed by atoms with Crippen LogP contribution in [0.25, 0.3) is 0 Å². The maximum absolute atomic E-state index is 5.40. The lowest BCUT2D eigenvalue weighted by Gasteiger charge is -2.24. The first-order chi connectivity index (χ1) is 7.06. The van der Waals surface area contributed by atoms with Gasteiger partial charge in [-0.25, -0.2) is 0 Å². The summed E-state index contributed by atoms with van der Waals surface area (Å²) in [4.78, 5) is 0. The molecule has 1 aromatic carbocycles. The third-order valence-corrected chi connectivity index (χ3v) is 2.82. The van der Waals surface area contributed by atoms with Crippen LogP contribution in [0.15, 0.2) is 28.7 Å². The molecule has 0 fully saturated rings. The Morgan fingerprint density at radius 1 is 1.20 bits per heavy atom. The van der Waals surface area contributed by atoms with Gasteiger partial charge in [-0.15, -0.1) is 0 Å². The summed E-state index contributed by atoms with van der Waals surface area (Å²) < 4.78 is 11.4. The molecule has 0 aliphatic rings. The summed E-state index contributed by atoms with van der Waals surface area (Å²) in [7, 11) is 1.63. The van der Waals surface area contributed by atoms with Crippen LogP contribution in [-0.2, 0) is 14.9 Å². The second-order valence-electron chi connectivity index (χ2n) is 4.15. The Hall–Kier alpha value is -0.380. The van der Waals surface area contributed by atoms with Crippen molar-refractivity contribution in [3.8, 4) is 0 Å². The summed E-state index contributed by atoms with van der Waals surface area (Å²) >= 11 is 3.42. The van der Waals surface area contributed by atoms with E-state index in [4.69, 9.17) is 9.47 Å². The first-order valence-electron chi connectivity index (χ1n) is 4.89. The van der Waals surface area contributed by atoms with E-state index in [-0.39, 0.29) is 5.41 Å². The lowest BCUT2D eigenvalue weighted by Crippen LogP contribution is -2.24. The molecule has 1 aromatic rings. The highest BCUT2D eigenvalue weighted by Gasteiger charge is 2.20. The van der Waals surface area contributed by atoms with E-state index in [2.05, 4.69) is 41.9 Å². The van der Waals surface area contributed by atoms with Gasteiger partial charge in [0.2, 0.25) is 0 Å². The standard InChI is InChI=1S/C12H17BrO2/c1-12(2,8-15-9-14-3)10-4-6-11(13)7-5-10/h4-7H,8-9H2,1-3H3. The normalized spacial score (nSPS) is 11.7. The minimum absolute atomic E-state index is 0.0131. The van der Waals surface area contributed by atoms with Gasteiger partial charge in [0.25, 0.3) is 0 Å². The predicted molar refractivity (Wildman–Crippen MR) is 65.0 cm³/mol. The van der Waals surface area contributed by atoms with E-state index < -0.39 is 0 Å². The Labute approximate surface area is 99.7 Å². The Morgan fingerprint density at radius 2 is 1.80 bits per heavy atom. The van der Waals surface area contributed by atoms with Crippen LogP contribution in [0.5, 0.6) is 0 Å². The predicted octanol–water partition coefficient (Wildman–Crippen LogP) is 3.35. The minimum atomic E-state index is 0.0131. The SMILES string of the molecule is COCOCC(C)(C)c1ccc(Br)cc1. The van der Waals surface area contributed by atoms with Gasteiger partial charge in [0, 0.05) is 17.0 Å². The Bertz CT molecular complexity index is 293. The molecule has 2 nitrogen and oxygen atoms in total. The zero-order valence-corrected chi connectivity index (χ0v) is 11.0. The molecule has 0 heterocycles. The van der Waals surface area contributed by atoms with Gasteiger partial charge >= 0.3 is 0 Å². The molecule has 3 heteroatoms. The van der Waals surface area contributed by atoms with Gasteiger partial charge in [0.05, 0.1) is 6.61 Å². The van der Waals surface area contributed by atoms with Crippen molar-refractivity contribution in [3.63, 3.8) is 0 Å². The number of halogens is 1. The van der Waals surface area contributed by atoms with Crippen molar-refractivity contribution in [2.24, 2.45) is 0 Å². The van der Waals surface area contributed by atoms with E-state index >= 15 is 0 Å². The largest absolute Gasteiger partial charge is 0.359 e. The summed E-state index contributed by atoms with van der Waals surface area (Å²) in [6.45, 7) is 5.32. The van der Waals surface area contributed by atoms with Gasteiger partial charge in [-0.05, 0) is 17.7 Å². The van der Waals surface area contributed by atoms with E-state index in [1.807, 2.05) is 12.1 Å². The summed E-state index contributed by atoms with van der Waals surface area (Å²) in [6.07, 6.45) is 0. The lowest BCUT2D eigenvalue weighted by molar-refractivity contribution is -0.0452. The average molecular weight is 273 g/mol. The third kappa shape index (κ3) is 3.93. The van der Waals surface area contributed by atoms with Crippen molar-refractivity contribution in [3.05, 3.63) is 34.3 Å². The quantitative estimate of drug-likeness (QED) is 0.605. The molecule has 0 bridgehead atoms. The molecule has 0 saturated carbocycles. The number of ether oxygens (including phenoxy) is 2. The fraction of sp³-hybridized carbons (Fsp3) is 0.500. The monoisotopic (exact) mass is 272 g/mol. The Morgan fingerprint density at radius 3 is 2.33 bits per heavy atom. The first-order valence-corrected chi connectivity index (χ1v) is 5.68. The average Bonchev–Trinajstić information content (AvgIpc) is 2.18. The van der Waals surface area contributed by atoms with Crippen LogP contribution < -0.4 is 0 Å². The molecule has 1 rings (SSSR count). The minimum Gasteiger partial charge on any atom is -0.359 e. The summed E-state index contributed by atoms with van der Waals surface area (Å²) in [5.41, 5.74) is 1.28. The van der Waals surface area contributed by atoms with Crippen LogP contribution in [-0.4, -0.2) is 20.5 Å². The van der Waals surface area contributed by atoms with Crippen molar-refractivity contribution in [1.29, 1.82) is 0 Å². The number of methoxy groups -OCH3 is 1. The van der Waals surface area contributed by atoms with Crippen molar-refractivity contribution < 1.29 is 9.47 Å². The highest BCUT2D eigenvalue weighted by atomic mass is 79.9. The molecule has 0 radical (unpaired) electrons. The van der Waals surface area contributed by atoms with Crippen molar-refractivity contribution in [1.82, 2.24) is 0 Å². The second kappa shape index (κ2) is 5.64. The van der Waals surface area contributed by atoms with Crippen LogP contribution in [0.2, 0.25) is 0 Å². The Balaban J connectivity index is 2.63. The molecule has 0 aliphatic heterocycles. The Kier molecular flexibility index (Phi) is 4.77. The summed E-state index contributed by atoms with van der Waals surface area (Å²) in [5, 5.41) is 0. The molecule has 0 aliphatic carbocycles. The molecule has 0 saturated heterocycles. The molecular weight excluding hydrogens is 256 g/mol. The number of rotatable bonds is 5. The maximum atomic E-state index is 5.40. The first kappa shape index (κ1) is 12.7.